The molecular formula is C11H15N3O3S2. The Bertz CT molecular complexity index is 614. The van der Waals surface area contributed by atoms with Crippen LogP contribution in [-0.4, -0.2) is 32.1 Å². The van der Waals surface area contributed by atoms with Gasteiger partial charge in [0.2, 0.25) is 20.1 Å². The highest BCUT2D eigenvalue weighted by molar-refractivity contribution is 7.93. The fourth-order valence-electron chi connectivity index (χ4n) is 1.30. The predicted octanol–water partition coefficient (Wildman–Crippen LogP) is 1.57. The summed E-state index contributed by atoms with van der Waals surface area (Å²) in [6.45, 7) is 3.22. The maximum Gasteiger partial charge on any atom is 0.224 e. The van der Waals surface area contributed by atoms with Crippen LogP contribution >= 0.6 is 11.3 Å². The summed E-state index contributed by atoms with van der Waals surface area (Å²) in [6.07, 6.45) is 1.30. The minimum absolute atomic E-state index is 0.00507. The standard InChI is InChI=1S/C11H15N3O3S2/c1-4-5-6-19(16,17)11-13-10(9(7-12)18-11)14(3)8(2)15/h4-6H2,1-3H3. The van der Waals surface area contributed by atoms with Gasteiger partial charge in [-0.3, -0.25) is 9.69 Å². The van der Waals surface area contributed by atoms with Gasteiger partial charge in [0.05, 0.1) is 5.75 Å². The molecule has 1 amide bonds. The molecule has 0 saturated carbocycles. The van der Waals surface area contributed by atoms with E-state index < -0.39 is 9.84 Å². The summed E-state index contributed by atoms with van der Waals surface area (Å²) in [5, 5.41) is 8.99. The number of rotatable bonds is 5. The van der Waals surface area contributed by atoms with Crippen LogP contribution in [-0.2, 0) is 14.6 Å². The maximum absolute atomic E-state index is 12.0. The average molecular weight is 301 g/mol. The largest absolute Gasteiger partial charge is 0.298 e. The van der Waals surface area contributed by atoms with Crippen LogP contribution in [0.25, 0.3) is 0 Å². The van der Waals surface area contributed by atoms with Gasteiger partial charge in [0.15, 0.2) is 10.7 Å². The Morgan fingerprint density at radius 1 is 1.53 bits per heavy atom. The Morgan fingerprint density at radius 2 is 2.16 bits per heavy atom. The molecule has 1 rings (SSSR count). The highest BCUT2D eigenvalue weighted by Gasteiger charge is 2.24. The average Bonchev–Trinajstić information content (AvgIpc) is 2.80. The topological polar surface area (TPSA) is 91.1 Å². The van der Waals surface area contributed by atoms with Crippen molar-refractivity contribution in [3.8, 4) is 6.07 Å². The molecule has 0 bridgehead atoms. The van der Waals surface area contributed by atoms with Crippen LogP contribution in [0.3, 0.4) is 0 Å². The van der Waals surface area contributed by atoms with E-state index in [-0.39, 0.29) is 26.7 Å². The number of carbonyl (C=O) groups is 1. The Morgan fingerprint density at radius 3 is 2.63 bits per heavy atom. The molecule has 6 nitrogen and oxygen atoms in total. The van der Waals surface area contributed by atoms with Gasteiger partial charge in [-0.15, -0.1) is 0 Å². The van der Waals surface area contributed by atoms with E-state index in [1.54, 1.807) is 0 Å². The summed E-state index contributed by atoms with van der Waals surface area (Å²) < 4.78 is 23.9. The van der Waals surface area contributed by atoms with Crippen molar-refractivity contribution in [1.82, 2.24) is 4.98 Å². The number of aromatic nitrogens is 1. The molecule has 19 heavy (non-hydrogen) atoms. The molecule has 0 radical (unpaired) electrons. The molecule has 0 fully saturated rings. The van der Waals surface area contributed by atoms with Gasteiger partial charge in [-0.2, -0.15) is 5.26 Å². The molecule has 0 atom stereocenters. The molecule has 0 aromatic carbocycles. The van der Waals surface area contributed by atoms with E-state index in [9.17, 15) is 13.2 Å². The van der Waals surface area contributed by atoms with Crippen molar-refractivity contribution >= 4 is 32.9 Å². The molecule has 8 heteroatoms. The number of anilines is 1. The van der Waals surface area contributed by atoms with Crippen LogP contribution in [0.2, 0.25) is 0 Å². The van der Waals surface area contributed by atoms with Crippen molar-refractivity contribution in [2.75, 3.05) is 17.7 Å². The molecule has 0 aliphatic rings. The van der Waals surface area contributed by atoms with Gasteiger partial charge < -0.3 is 0 Å². The second kappa shape index (κ2) is 6.12. The number of unbranched alkanes of at least 4 members (excludes halogenated alkanes) is 1. The lowest BCUT2D eigenvalue weighted by atomic mass is 10.4. The number of nitrogens with zero attached hydrogens (tertiary/aromatic N) is 3. The fraction of sp³-hybridized carbons (Fsp3) is 0.545. The molecule has 1 aromatic rings. The summed E-state index contributed by atoms with van der Waals surface area (Å²) >= 11 is 0.809. The van der Waals surface area contributed by atoms with E-state index in [4.69, 9.17) is 5.26 Å². The summed E-state index contributed by atoms with van der Waals surface area (Å²) in [5.41, 5.74) is 0. The quantitative estimate of drug-likeness (QED) is 0.823. The van der Waals surface area contributed by atoms with Gasteiger partial charge in [-0.25, -0.2) is 13.4 Å². The molecule has 104 valence electrons. The van der Waals surface area contributed by atoms with E-state index in [2.05, 4.69) is 4.98 Å². The summed E-state index contributed by atoms with van der Waals surface area (Å²) in [4.78, 5) is 16.5. The van der Waals surface area contributed by atoms with Gasteiger partial charge in [0.25, 0.3) is 0 Å². The highest BCUT2D eigenvalue weighted by Crippen LogP contribution is 2.29. The van der Waals surface area contributed by atoms with Gasteiger partial charge in [-0.1, -0.05) is 24.7 Å². The fourth-order valence-corrected chi connectivity index (χ4v) is 4.00. The lowest BCUT2D eigenvalue weighted by Gasteiger charge is -2.11. The van der Waals surface area contributed by atoms with Crippen LogP contribution in [0.1, 0.15) is 31.6 Å². The minimum Gasteiger partial charge on any atom is -0.298 e. The number of amides is 1. The second-order valence-corrected chi connectivity index (χ2v) is 7.28. The van der Waals surface area contributed by atoms with E-state index in [1.165, 1.54) is 18.9 Å². The Kier molecular flexibility index (Phi) is 5.03. The molecule has 0 aliphatic carbocycles. The molecule has 0 spiro atoms. The molecule has 1 aromatic heterocycles. The SMILES string of the molecule is CCCCS(=O)(=O)c1nc(N(C)C(C)=O)c(C#N)s1. The van der Waals surface area contributed by atoms with Crippen molar-refractivity contribution in [3.05, 3.63) is 4.88 Å². The number of hydrogen-bond acceptors (Lipinski definition) is 6. The van der Waals surface area contributed by atoms with Crippen molar-refractivity contribution in [1.29, 1.82) is 5.26 Å². The molecular weight excluding hydrogens is 286 g/mol. The van der Waals surface area contributed by atoms with Gasteiger partial charge in [0.1, 0.15) is 6.07 Å². The summed E-state index contributed by atoms with van der Waals surface area (Å²) in [5.74, 6) is -0.195. The minimum atomic E-state index is -3.48. The van der Waals surface area contributed by atoms with Crippen molar-refractivity contribution in [3.63, 3.8) is 0 Å². The van der Waals surface area contributed by atoms with Gasteiger partial charge in [0, 0.05) is 14.0 Å². The summed E-state index contributed by atoms with van der Waals surface area (Å²) in [7, 11) is -2.02. The second-order valence-electron chi connectivity index (χ2n) is 3.99. The smallest absolute Gasteiger partial charge is 0.224 e. The van der Waals surface area contributed by atoms with Crippen molar-refractivity contribution in [2.45, 2.75) is 31.0 Å². The van der Waals surface area contributed by atoms with Crippen LogP contribution < -0.4 is 4.90 Å². The van der Waals surface area contributed by atoms with E-state index in [0.29, 0.717) is 6.42 Å². The third kappa shape index (κ3) is 3.52. The lowest BCUT2D eigenvalue weighted by Crippen LogP contribution is -2.24. The van der Waals surface area contributed by atoms with E-state index >= 15 is 0 Å². The van der Waals surface area contributed by atoms with Crippen LogP contribution in [0, 0.1) is 11.3 Å². The van der Waals surface area contributed by atoms with Gasteiger partial charge in [-0.05, 0) is 6.42 Å². The third-order valence-corrected chi connectivity index (χ3v) is 5.72. The zero-order chi connectivity index (χ0) is 14.6. The summed E-state index contributed by atoms with van der Waals surface area (Å²) in [6, 6.07) is 1.88. The maximum atomic E-state index is 12.0. The first-order valence-corrected chi connectivity index (χ1v) is 8.18. The zero-order valence-electron chi connectivity index (χ0n) is 11.0. The van der Waals surface area contributed by atoms with Crippen molar-refractivity contribution < 1.29 is 13.2 Å². The van der Waals surface area contributed by atoms with Crippen LogP contribution in [0.4, 0.5) is 5.82 Å². The molecule has 0 saturated heterocycles. The monoisotopic (exact) mass is 301 g/mol. The Labute approximate surface area is 116 Å². The van der Waals surface area contributed by atoms with E-state index in [0.717, 1.165) is 17.8 Å². The number of sulfone groups is 1. The Balaban J connectivity index is 3.21. The predicted molar refractivity (Wildman–Crippen MR) is 72.9 cm³/mol. The molecule has 0 N–H and O–H groups in total. The first kappa shape index (κ1) is 15.6. The number of nitriles is 1. The van der Waals surface area contributed by atoms with Crippen molar-refractivity contribution in [2.24, 2.45) is 0 Å². The van der Waals surface area contributed by atoms with Gasteiger partial charge >= 0.3 is 0 Å². The lowest BCUT2D eigenvalue weighted by molar-refractivity contribution is -0.116. The first-order valence-electron chi connectivity index (χ1n) is 5.71. The molecule has 1 heterocycles. The molecule has 0 unspecified atom stereocenters. The van der Waals surface area contributed by atoms with E-state index in [1.807, 2.05) is 13.0 Å². The van der Waals surface area contributed by atoms with Crippen LogP contribution in [0.5, 0.6) is 0 Å². The third-order valence-electron chi connectivity index (χ3n) is 2.51. The zero-order valence-corrected chi connectivity index (χ0v) is 12.6. The Hall–Kier alpha value is -1.46. The van der Waals surface area contributed by atoms with Crippen LogP contribution in [0.15, 0.2) is 4.34 Å². The number of carbonyl (C=O) groups excluding carboxylic acids is 1. The molecule has 0 aliphatic heterocycles. The normalized spacial score (nSPS) is 11.1. The number of thiazole rings is 1. The highest BCUT2D eigenvalue weighted by atomic mass is 32.2. The number of hydrogen-bond donors (Lipinski definition) is 0. The first-order chi connectivity index (χ1) is 8.83.